The monoisotopic (exact) mass is 430 g/mol. The van der Waals surface area contributed by atoms with Crippen LogP contribution in [0.5, 0.6) is 0 Å². The van der Waals surface area contributed by atoms with Crippen molar-refractivity contribution in [3.05, 3.63) is 78.3 Å². The molecule has 1 aromatic heterocycles. The van der Waals surface area contributed by atoms with Crippen LogP contribution in [0.25, 0.3) is 17.0 Å². The molecule has 0 fully saturated rings. The molecule has 4 rings (SSSR count). The second-order valence-corrected chi connectivity index (χ2v) is 8.15. The van der Waals surface area contributed by atoms with Crippen LogP contribution in [0.1, 0.15) is 26.5 Å². The van der Waals surface area contributed by atoms with E-state index in [9.17, 15) is 14.4 Å². The molecule has 1 aliphatic heterocycles. The van der Waals surface area contributed by atoms with E-state index in [4.69, 9.17) is 4.74 Å². The summed E-state index contributed by atoms with van der Waals surface area (Å²) in [5.74, 6) is -1.08. The van der Waals surface area contributed by atoms with Crippen LogP contribution < -0.4 is 10.2 Å². The molecular weight excluding hydrogens is 408 g/mol. The number of amides is 2. The summed E-state index contributed by atoms with van der Waals surface area (Å²) in [5, 5.41) is 7.54. The maximum Gasteiger partial charge on any atom is 0.435 e. The third-order valence-electron chi connectivity index (χ3n) is 4.63. The number of hydrogen-bond acceptors (Lipinski definition) is 5. The molecule has 3 aromatic rings. The van der Waals surface area contributed by atoms with Crippen molar-refractivity contribution in [2.75, 3.05) is 4.90 Å². The molecule has 0 bridgehead atoms. The van der Waals surface area contributed by atoms with Gasteiger partial charge in [0.2, 0.25) is 0 Å². The second kappa shape index (κ2) is 8.14. The fourth-order valence-corrected chi connectivity index (χ4v) is 3.26. The predicted molar refractivity (Wildman–Crippen MR) is 121 cm³/mol. The first kappa shape index (κ1) is 21.0. The number of carbonyl (C=O) groups excluding carboxylic acids is 3. The first-order valence-electron chi connectivity index (χ1n) is 10.0. The molecule has 8 heteroatoms. The van der Waals surface area contributed by atoms with Crippen molar-refractivity contribution in [3.8, 4) is 0 Å². The largest absolute Gasteiger partial charge is 0.442 e. The number of ether oxygens (including phenoxy) is 1. The van der Waals surface area contributed by atoms with Crippen molar-refractivity contribution in [3.63, 3.8) is 0 Å². The van der Waals surface area contributed by atoms with Gasteiger partial charge in [-0.05, 0) is 45.0 Å². The molecule has 2 aromatic carbocycles. The zero-order valence-electron chi connectivity index (χ0n) is 17.9. The number of anilines is 1. The molecule has 1 aliphatic rings. The SMILES string of the molecule is CC(C)(C)OC(=O)n1nc(/C=C2/C(=O)NC=CN(c3ccccc3)C2=O)c2ccccc21. The minimum absolute atomic E-state index is 0.113. The second-order valence-electron chi connectivity index (χ2n) is 8.15. The number of fused-ring (bicyclic) bond motifs is 1. The molecule has 0 spiro atoms. The number of hydrogen-bond donors (Lipinski definition) is 1. The molecule has 0 saturated carbocycles. The van der Waals surface area contributed by atoms with E-state index in [0.717, 1.165) is 4.68 Å². The number of aromatic nitrogens is 2. The third kappa shape index (κ3) is 4.15. The first-order valence-corrected chi connectivity index (χ1v) is 10.0. The van der Waals surface area contributed by atoms with E-state index in [-0.39, 0.29) is 5.57 Å². The Hall–Kier alpha value is -4.20. The van der Waals surface area contributed by atoms with Gasteiger partial charge in [0.15, 0.2) is 0 Å². The highest BCUT2D eigenvalue weighted by atomic mass is 16.6. The molecule has 2 heterocycles. The van der Waals surface area contributed by atoms with Crippen molar-refractivity contribution in [1.29, 1.82) is 0 Å². The number of rotatable bonds is 2. The molecule has 2 amide bonds. The highest BCUT2D eigenvalue weighted by molar-refractivity contribution is 6.28. The van der Waals surface area contributed by atoms with Crippen LogP contribution in [0, 0.1) is 0 Å². The normalized spacial score (nSPS) is 15.7. The summed E-state index contributed by atoms with van der Waals surface area (Å²) < 4.78 is 6.59. The van der Waals surface area contributed by atoms with Crippen LogP contribution in [0.2, 0.25) is 0 Å². The average Bonchev–Trinajstić information content (AvgIpc) is 3.06. The fraction of sp³-hybridized carbons (Fsp3) is 0.167. The van der Waals surface area contributed by atoms with Gasteiger partial charge < -0.3 is 10.1 Å². The molecule has 8 nitrogen and oxygen atoms in total. The molecule has 0 atom stereocenters. The van der Waals surface area contributed by atoms with Crippen molar-refractivity contribution >= 4 is 40.6 Å². The Morgan fingerprint density at radius 1 is 1.03 bits per heavy atom. The van der Waals surface area contributed by atoms with Crippen LogP contribution in [-0.2, 0) is 14.3 Å². The minimum atomic E-state index is -0.707. The Morgan fingerprint density at radius 2 is 1.72 bits per heavy atom. The van der Waals surface area contributed by atoms with E-state index in [1.165, 1.54) is 23.4 Å². The van der Waals surface area contributed by atoms with Gasteiger partial charge in [-0.1, -0.05) is 36.4 Å². The number of nitrogens with zero attached hydrogens (tertiary/aromatic N) is 3. The molecule has 162 valence electrons. The minimum Gasteiger partial charge on any atom is -0.442 e. The van der Waals surface area contributed by atoms with Crippen molar-refractivity contribution < 1.29 is 19.1 Å². The number of para-hydroxylation sites is 2. The van der Waals surface area contributed by atoms with Crippen molar-refractivity contribution in [2.24, 2.45) is 0 Å². The van der Waals surface area contributed by atoms with Gasteiger partial charge in [0.1, 0.15) is 11.2 Å². The summed E-state index contributed by atoms with van der Waals surface area (Å²) in [5.41, 5.74) is 0.605. The van der Waals surface area contributed by atoms with Gasteiger partial charge in [-0.3, -0.25) is 14.5 Å². The van der Waals surface area contributed by atoms with Crippen LogP contribution in [0.3, 0.4) is 0 Å². The van der Waals surface area contributed by atoms with Crippen LogP contribution in [0.15, 0.2) is 72.6 Å². The highest BCUT2D eigenvalue weighted by Gasteiger charge is 2.28. The summed E-state index contributed by atoms with van der Waals surface area (Å²) in [6.07, 6.45) is 3.64. The van der Waals surface area contributed by atoms with E-state index in [1.807, 2.05) is 6.07 Å². The Balaban J connectivity index is 1.80. The van der Waals surface area contributed by atoms with E-state index in [1.54, 1.807) is 69.3 Å². The van der Waals surface area contributed by atoms with Crippen molar-refractivity contribution in [2.45, 2.75) is 26.4 Å². The van der Waals surface area contributed by atoms with Crippen LogP contribution in [0.4, 0.5) is 10.5 Å². The van der Waals surface area contributed by atoms with Gasteiger partial charge in [-0.25, -0.2) is 4.79 Å². The highest BCUT2D eigenvalue weighted by Crippen LogP contribution is 2.24. The summed E-state index contributed by atoms with van der Waals surface area (Å²) in [7, 11) is 0. The summed E-state index contributed by atoms with van der Waals surface area (Å²) in [4.78, 5) is 40.0. The van der Waals surface area contributed by atoms with Crippen LogP contribution in [-0.4, -0.2) is 33.3 Å². The van der Waals surface area contributed by atoms with Crippen molar-refractivity contribution in [1.82, 2.24) is 15.1 Å². The topological polar surface area (TPSA) is 93.5 Å². The fourth-order valence-electron chi connectivity index (χ4n) is 3.26. The van der Waals surface area contributed by atoms with E-state index < -0.39 is 23.5 Å². The predicted octanol–water partition coefficient (Wildman–Crippen LogP) is 3.84. The van der Waals surface area contributed by atoms with Gasteiger partial charge in [-0.15, -0.1) is 0 Å². The Morgan fingerprint density at radius 3 is 2.44 bits per heavy atom. The van der Waals surface area contributed by atoms with Crippen LogP contribution >= 0.6 is 0 Å². The summed E-state index contributed by atoms with van der Waals surface area (Å²) >= 11 is 0. The maximum absolute atomic E-state index is 13.2. The lowest BCUT2D eigenvalue weighted by Gasteiger charge is -2.19. The zero-order valence-corrected chi connectivity index (χ0v) is 17.9. The quantitative estimate of drug-likeness (QED) is 0.493. The zero-order chi connectivity index (χ0) is 22.9. The molecule has 32 heavy (non-hydrogen) atoms. The van der Waals surface area contributed by atoms with E-state index in [0.29, 0.717) is 22.3 Å². The molecule has 0 saturated heterocycles. The lowest BCUT2D eigenvalue weighted by Crippen LogP contribution is -2.30. The summed E-state index contributed by atoms with van der Waals surface area (Å²) in [6, 6.07) is 16.0. The Labute approximate surface area is 184 Å². The van der Waals surface area contributed by atoms with E-state index >= 15 is 0 Å². The van der Waals surface area contributed by atoms with Gasteiger partial charge in [0, 0.05) is 23.5 Å². The van der Waals surface area contributed by atoms with Gasteiger partial charge in [-0.2, -0.15) is 9.78 Å². The molecule has 0 unspecified atom stereocenters. The number of benzene rings is 2. The standard InChI is InChI=1S/C24H22N4O4/c1-24(2,3)32-23(31)28-20-12-8-7-11-17(20)19(26-28)15-18-21(29)25-13-14-27(22(18)30)16-9-5-4-6-10-16/h4-15H,1-3H3,(H,25,29)/b18-15-. The van der Waals surface area contributed by atoms with Gasteiger partial charge in [0.25, 0.3) is 11.8 Å². The Kier molecular flexibility index (Phi) is 5.36. The maximum atomic E-state index is 13.2. The van der Waals surface area contributed by atoms with Gasteiger partial charge in [0.05, 0.1) is 11.2 Å². The number of carbonyl (C=O) groups is 3. The first-order chi connectivity index (χ1) is 15.2. The smallest absolute Gasteiger partial charge is 0.435 e. The average molecular weight is 430 g/mol. The Bertz CT molecular complexity index is 1270. The third-order valence-corrected chi connectivity index (χ3v) is 4.63. The number of nitrogens with one attached hydrogen (secondary N) is 1. The molecule has 0 aliphatic carbocycles. The lowest BCUT2D eigenvalue weighted by atomic mass is 10.1. The molecule has 0 radical (unpaired) electrons. The van der Waals surface area contributed by atoms with E-state index in [2.05, 4.69) is 10.4 Å². The molecule has 1 N–H and O–H groups in total. The summed E-state index contributed by atoms with van der Waals surface area (Å²) in [6.45, 7) is 5.29. The molecular formula is C24H22N4O4. The lowest BCUT2D eigenvalue weighted by molar-refractivity contribution is -0.121. The van der Waals surface area contributed by atoms with Gasteiger partial charge >= 0.3 is 6.09 Å².